The lowest BCUT2D eigenvalue weighted by Gasteiger charge is -2.45. The molecular weight excluding hydrogens is 336 g/mol. The molecule has 0 aliphatic carbocycles. The second-order valence-electron chi connectivity index (χ2n) is 5.93. The van der Waals surface area contributed by atoms with Crippen LogP contribution in [0.4, 0.5) is 0 Å². The molecule has 140 valence electrons. The fraction of sp³-hybridized carbons (Fsp3) is 0.750. The van der Waals surface area contributed by atoms with Crippen molar-refractivity contribution in [3.05, 3.63) is 0 Å². The van der Waals surface area contributed by atoms with Crippen molar-refractivity contribution in [3.63, 3.8) is 0 Å². The summed E-state index contributed by atoms with van der Waals surface area (Å²) in [6.45, 7) is -1.12. The number of aliphatic hydroxyl groups is 6. The van der Waals surface area contributed by atoms with E-state index in [1.54, 1.807) is 0 Å². The first-order valence-electron chi connectivity index (χ1n) is 7.72. The summed E-state index contributed by atoms with van der Waals surface area (Å²) in [5.74, 6) is 3.41. The fourth-order valence-electron chi connectivity index (χ4n) is 2.95. The molecule has 9 nitrogen and oxygen atoms in total. The molecule has 0 amide bonds. The Morgan fingerprint density at radius 3 is 1.96 bits per heavy atom. The monoisotopic (exact) mass is 358 g/mol. The third-order valence-corrected chi connectivity index (χ3v) is 4.40. The van der Waals surface area contributed by atoms with Gasteiger partial charge in [0.15, 0.2) is 6.29 Å². The second-order valence-corrected chi connectivity index (χ2v) is 5.93. The van der Waals surface area contributed by atoms with Crippen molar-refractivity contribution in [2.24, 2.45) is 5.92 Å². The highest BCUT2D eigenvalue weighted by Gasteiger charge is 2.50. The average Bonchev–Trinajstić information content (AvgIpc) is 2.62. The summed E-state index contributed by atoms with van der Waals surface area (Å²) in [5.41, 5.74) is 0. The molecule has 0 unspecified atom stereocenters. The first-order valence-corrected chi connectivity index (χ1v) is 7.72. The number of terminal acetylenes is 2. The summed E-state index contributed by atoms with van der Waals surface area (Å²) >= 11 is 0. The topological polar surface area (TPSA) is 149 Å². The van der Waals surface area contributed by atoms with Crippen LogP contribution in [0.15, 0.2) is 0 Å². The Morgan fingerprint density at radius 1 is 0.800 bits per heavy atom. The number of rotatable bonds is 4. The van der Waals surface area contributed by atoms with Gasteiger partial charge in [0, 0.05) is 0 Å². The summed E-state index contributed by atoms with van der Waals surface area (Å²) in [4.78, 5) is 0. The third kappa shape index (κ3) is 3.81. The summed E-state index contributed by atoms with van der Waals surface area (Å²) in [6.07, 6.45) is -1.65. The Hall–Kier alpha value is -1.24. The van der Waals surface area contributed by atoms with Gasteiger partial charge in [0.25, 0.3) is 0 Å². The minimum atomic E-state index is -1.59. The van der Waals surface area contributed by atoms with Crippen LogP contribution in [0, 0.1) is 30.6 Å². The van der Waals surface area contributed by atoms with Crippen LogP contribution in [0.25, 0.3) is 0 Å². The highest BCUT2D eigenvalue weighted by Crippen LogP contribution is 2.30. The molecule has 2 rings (SSSR count). The van der Waals surface area contributed by atoms with Gasteiger partial charge in [-0.3, -0.25) is 0 Å². The summed E-state index contributed by atoms with van der Waals surface area (Å²) < 4.78 is 16.1. The van der Waals surface area contributed by atoms with Crippen LogP contribution >= 0.6 is 0 Å². The Balaban J connectivity index is 2.16. The van der Waals surface area contributed by atoms with Gasteiger partial charge in [0.2, 0.25) is 0 Å². The maximum absolute atomic E-state index is 10.2. The van der Waals surface area contributed by atoms with E-state index in [1.807, 2.05) is 0 Å². The summed E-state index contributed by atoms with van der Waals surface area (Å²) in [7, 11) is 0. The van der Waals surface area contributed by atoms with Crippen molar-refractivity contribution in [3.8, 4) is 24.7 Å². The molecule has 2 aliphatic rings. The molecule has 0 radical (unpaired) electrons. The van der Waals surface area contributed by atoms with Crippen LogP contribution in [0.1, 0.15) is 0 Å². The predicted octanol–water partition coefficient (Wildman–Crippen LogP) is -3.83. The minimum Gasteiger partial charge on any atom is -0.394 e. The molecule has 0 bridgehead atoms. The molecule has 2 fully saturated rings. The molecule has 10 atom stereocenters. The van der Waals surface area contributed by atoms with E-state index in [4.69, 9.17) is 27.1 Å². The third-order valence-electron chi connectivity index (χ3n) is 4.40. The van der Waals surface area contributed by atoms with E-state index in [1.165, 1.54) is 0 Å². The van der Waals surface area contributed by atoms with Crippen molar-refractivity contribution < 1.29 is 44.8 Å². The largest absolute Gasteiger partial charge is 0.394 e. The maximum atomic E-state index is 10.2. The SMILES string of the molecule is C#C[C@H]1[C@H](O)[C@@H](O)[C@H](O[C@H]2[C@H](O)[C@@H](O)[C@H](C#C)O[C@@H]2CO)O[C@@H]1CO. The van der Waals surface area contributed by atoms with Gasteiger partial charge < -0.3 is 44.8 Å². The van der Waals surface area contributed by atoms with Crippen LogP contribution in [0.3, 0.4) is 0 Å². The summed E-state index contributed by atoms with van der Waals surface area (Å²) in [5, 5.41) is 59.1. The van der Waals surface area contributed by atoms with E-state index in [9.17, 15) is 30.6 Å². The zero-order valence-electron chi connectivity index (χ0n) is 13.3. The predicted molar refractivity (Wildman–Crippen MR) is 81.5 cm³/mol. The molecule has 0 aromatic heterocycles. The Bertz CT molecular complexity index is 523. The minimum absolute atomic E-state index is 0.534. The van der Waals surface area contributed by atoms with Crippen molar-refractivity contribution in [2.45, 2.75) is 55.1 Å². The lowest BCUT2D eigenvalue weighted by molar-refractivity contribution is -0.329. The van der Waals surface area contributed by atoms with E-state index >= 15 is 0 Å². The van der Waals surface area contributed by atoms with E-state index in [0.717, 1.165) is 0 Å². The molecule has 0 saturated carbocycles. The van der Waals surface area contributed by atoms with Crippen LogP contribution in [-0.4, -0.2) is 99.0 Å². The van der Waals surface area contributed by atoms with E-state index < -0.39 is 74.3 Å². The quantitative estimate of drug-likeness (QED) is 0.278. The first kappa shape index (κ1) is 20.1. The molecule has 2 aliphatic heterocycles. The smallest absolute Gasteiger partial charge is 0.187 e. The Labute approximate surface area is 144 Å². The van der Waals surface area contributed by atoms with Crippen LogP contribution in [-0.2, 0) is 14.2 Å². The van der Waals surface area contributed by atoms with Gasteiger partial charge in [-0.05, 0) is 0 Å². The lowest BCUT2D eigenvalue weighted by Crippen LogP contribution is -2.63. The first-order chi connectivity index (χ1) is 11.9. The van der Waals surface area contributed by atoms with Crippen molar-refractivity contribution >= 4 is 0 Å². The van der Waals surface area contributed by atoms with Gasteiger partial charge in [-0.15, -0.1) is 12.8 Å². The molecule has 2 saturated heterocycles. The van der Waals surface area contributed by atoms with Gasteiger partial charge in [-0.1, -0.05) is 11.8 Å². The van der Waals surface area contributed by atoms with Crippen molar-refractivity contribution in [1.29, 1.82) is 0 Å². The zero-order chi connectivity index (χ0) is 18.7. The highest BCUT2D eigenvalue weighted by molar-refractivity contribution is 5.08. The van der Waals surface area contributed by atoms with Crippen LogP contribution < -0.4 is 0 Å². The number of hydrogen-bond acceptors (Lipinski definition) is 9. The van der Waals surface area contributed by atoms with Gasteiger partial charge in [0.05, 0.1) is 19.1 Å². The molecule has 6 N–H and O–H groups in total. The van der Waals surface area contributed by atoms with Gasteiger partial charge in [-0.25, -0.2) is 0 Å². The molecule has 25 heavy (non-hydrogen) atoms. The van der Waals surface area contributed by atoms with Gasteiger partial charge in [0.1, 0.15) is 48.8 Å². The number of aliphatic hydroxyl groups excluding tert-OH is 6. The molecule has 0 spiro atoms. The number of ether oxygens (including phenoxy) is 3. The number of hydrogen-bond donors (Lipinski definition) is 6. The fourth-order valence-corrected chi connectivity index (χ4v) is 2.95. The normalized spacial score (nSPS) is 47.7. The van der Waals surface area contributed by atoms with E-state index in [2.05, 4.69) is 11.8 Å². The van der Waals surface area contributed by atoms with Gasteiger partial charge >= 0.3 is 0 Å². The van der Waals surface area contributed by atoms with E-state index in [0.29, 0.717) is 0 Å². The molecule has 0 aromatic carbocycles. The summed E-state index contributed by atoms with van der Waals surface area (Å²) in [6, 6.07) is 0. The highest BCUT2D eigenvalue weighted by atomic mass is 16.7. The molecular formula is C16H22O9. The lowest BCUT2D eigenvalue weighted by atomic mass is 9.89. The molecule has 9 heteroatoms. The van der Waals surface area contributed by atoms with Gasteiger partial charge in [-0.2, -0.15) is 0 Å². The Morgan fingerprint density at radius 2 is 1.44 bits per heavy atom. The maximum Gasteiger partial charge on any atom is 0.187 e. The standard InChI is InChI=1S/C16H22O9/c1-3-7-9(5-17)24-16(14(22)11(7)19)25-15-10(6-18)23-8(4-2)12(20)13(15)21/h1-2,7-22H,5-6H2/t7-,8+,9-,10-,11+,12+,13-,14-,15-,16+/m1/s1. The average molecular weight is 358 g/mol. The van der Waals surface area contributed by atoms with Crippen molar-refractivity contribution in [1.82, 2.24) is 0 Å². The Kier molecular flexibility index (Phi) is 6.77. The van der Waals surface area contributed by atoms with Crippen LogP contribution in [0.5, 0.6) is 0 Å². The molecule has 0 aromatic rings. The van der Waals surface area contributed by atoms with Crippen molar-refractivity contribution in [2.75, 3.05) is 13.2 Å². The molecule has 2 heterocycles. The van der Waals surface area contributed by atoms with E-state index in [-0.39, 0.29) is 0 Å². The van der Waals surface area contributed by atoms with Crippen LogP contribution in [0.2, 0.25) is 0 Å². The second kappa shape index (κ2) is 8.43. The zero-order valence-corrected chi connectivity index (χ0v) is 13.3.